The smallest absolute Gasteiger partial charge is 0.239 e. The number of rotatable bonds is 0. The maximum atomic E-state index is 10.7. The van der Waals surface area contributed by atoms with Gasteiger partial charge < -0.3 is 10.2 Å². The molecule has 2 aromatic heterocycles. The fraction of sp³-hybridized carbons (Fsp3) is 0.143. The van der Waals surface area contributed by atoms with Gasteiger partial charge in [-0.2, -0.15) is 0 Å². The lowest BCUT2D eigenvalue weighted by Crippen LogP contribution is -2.31. The molecule has 2 aromatic rings. The van der Waals surface area contributed by atoms with E-state index in [0.717, 1.165) is 11.4 Å². The van der Waals surface area contributed by atoms with Crippen LogP contribution in [-0.4, -0.2) is 21.5 Å². The van der Waals surface area contributed by atoms with Crippen LogP contribution in [0.15, 0.2) is 46.6 Å². The quantitative estimate of drug-likeness (QED) is 0.574. The summed E-state index contributed by atoms with van der Waals surface area (Å²) in [6.07, 6.45) is 7.38. The Morgan fingerprint density at radius 3 is 1.33 bits per heavy atom. The van der Waals surface area contributed by atoms with Gasteiger partial charge in [-0.1, -0.05) is 23.2 Å². The Kier molecular flexibility index (Phi) is 7.22. The van der Waals surface area contributed by atoms with Crippen molar-refractivity contribution in [2.75, 3.05) is 0 Å². The number of hydrogen-bond donors (Lipinski definition) is 2. The van der Waals surface area contributed by atoms with Gasteiger partial charge in [-0.25, -0.2) is 9.97 Å². The molecule has 1 aliphatic carbocycles. The van der Waals surface area contributed by atoms with Crippen molar-refractivity contribution in [2.45, 2.75) is 13.8 Å². The SMILES string of the molecule is Cc1c[nH+]c[nH]1.Cc1c[nH+]c[nH]1.O=C1C([O-])=C(Cl)C(=O)C([O-])=C1Cl. The van der Waals surface area contributed by atoms with E-state index in [1.807, 2.05) is 26.2 Å². The predicted octanol–water partition coefficient (Wildman–Crippen LogP) is -0.966. The van der Waals surface area contributed by atoms with Crippen molar-refractivity contribution in [1.82, 2.24) is 9.97 Å². The second-order valence-electron chi connectivity index (χ2n) is 4.51. The number of Topliss-reactive ketones (excluding diaryl/α,β-unsaturated/α-hetero) is 2. The van der Waals surface area contributed by atoms with E-state index in [2.05, 4.69) is 19.9 Å². The lowest BCUT2D eigenvalue weighted by Gasteiger charge is -2.23. The van der Waals surface area contributed by atoms with Crippen LogP contribution < -0.4 is 20.2 Å². The zero-order valence-electron chi connectivity index (χ0n) is 12.7. The zero-order chi connectivity index (χ0) is 18.3. The van der Waals surface area contributed by atoms with Crippen molar-refractivity contribution in [3.05, 3.63) is 58.0 Å². The number of allylic oxidation sites excluding steroid dienone is 2. The molecule has 10 heteroatoms. The number of nitrogens with one attached hydrogen (secondary N) is 4. The van der Waals surface area contributed by atoms with Crippen LogP contribution in [0.3, 0.4) is 0 Å². The van der Waals surface area contributed by atoms with Gasteiger partial charge in [0.25, 0.3) is 0 Å². The van der Waals surface area contributed by atoms with E-state index >= 15 is 0 Å². The monoisotopic (exact) mass is 372 g/mol. The molecular formula is C14H14Cl2N4O4. The van der Waals surface area contributed by atoms with Crippen molar-refractivity contribution in [2.24, 2.45) is 0 Å². The maximum Gasteiger partial charge on any atom is 0.239 e. The van der Waals surface area contributed by atoms with Crippen LogP contribution in [0.5, 0.6) is 0 Å². The highest BCUT2D eigenvalue weighted by Crippen LogP contribution is 2.23. The standard InChI is InChI=1S/C6H2Cl2O4.2C4H6N2/c7-1-3(9)5(11)2(8)6(12)4(1)10;2*1-4-2-5-3-6-4/h9,12H;2*2-3H,1H3,(H,5,6). The molecule has 0 spiro atoms. The van der Waals surface area contributed by atoms with E-state index in [1.54, 1.807) is 12.7 Å². The normalized spacial score (nSPS) is 14.0. The summed E-state index contributed by atoms with van der Waals surface area (Å²) in [5.41, 5.74) is 2.32. The third kappa shape index (κ3) is 5.25. The van der Waals surface area contributed by atoms with Crippen molar-refractivity contribution in [3.8, 4) is 0 Å². The van der Waals surface area contributed by atoms with Crippen LogP contribution in [0.2, 0.25) is 0 Å². The molecule has 128 valence electrons. The van der Waals surface area contributed by atoms with Crippen LogP contribution in [-0.2, 0) is 9.59 Å². The first kappa shape index (κ1) is 19.5. The van der Waals surface area contributed by atoms with Crippen LogP contribution >= 0.6 is 23.2 Å². The lowest BCUT2D eigenvalue weighted by atomic mass is 10.1. The van der Waals surface area contributed by atoms with Crippen molar-refractivity contribution in [1.29, 1.82) is 0 Å². The van der Waals surface area contributed by atoms with E-state index in [4.69, 9.17) is 23.2 Å². The molecule has 0 amide bonds. The molecule has 0 aromatic carbocycles. The van der Waals surface area contributed by atoms with E-state index in [9.17, 15) is 19.8 Å². The number of ketones is 2. The average molecular weight is 373 g/mol. The van der Waals surface area contributed by atoms with Crippen LogP contribution in [0.4, 0.5) is 0 Å². The molecule has 0 radical (unpaired) electrons. The van der Waals surface area contributed by atoms with E-state index in [-0.39, 0.29) is 0 Å². The molecule has 0 fully saturated rings. The highest BCUT2D eigenvalue weighted by Gasteiger charge is 2.22. The summed E-state index contributed by atoms with van der Waals surface area (Å²) < 4.78 is 0. The fourth-order valence-corrected chi connectivity index (χ4v) is 1.68. The topological polar surface area (TPSA) is 140 Å². The van der Waals surface area contributed by atoms with Gasteiger partial charge in [0.2, 0.25) is 12.7 Å². The van der Waals surface area contributed by atoms with Gasteiger partial charge in [0.15, 0.2) is 11.6 Å². The number of carbonyl (C=O) groups excluding carboxylic acids is 2. The minimum absolute atomic E-state index is 0.894. The van der Waals surface area contributed by atoms with E-state index in [1.165, 1.54) is 0 Å². The molecule has 0 unspecified atom stereocenters. The molecule has 8 nitrogen and oxygen atoms in total. The van der Waals surface area contributed by atoms with Gasteiger partial charge in [0, 0.05) is 13.8 Å². The fourth-order valence-electron chi connectivity index (χ4n) is 1.33. The number of hydrogen-bond acceptors (Lipinski definition) is 4. The first-order chi connectivity index (χ1) is 11.3. The minimum Gasteiger partial charge on any atom is -0.869 e. The molecule has 0 atom stereocenters. The number of aromatic amines is 4. The Hall–Kier alpha value is -2.58. The number of H-pyrrole nitrogens is 4. The number of imidazole rings is 2. The van der Waals surface area contributed by atoms with Gasteiger partial charge in [0.1, 0.15) is 23.8 Å². The summed E-state index contributed by atoms with van der Waals surface area (Å²) in [5, 5.41) is 19.6. The first-order valence-corrected chi connectivity index (χ1v) is 7.26. The predicted molar refractivity (Wildman–Crippen MR) is 79.9 cm³/mol. The number of aryl methyl sites for hydroxylation is 2. The summed E-state index contributed by atoms with van der Waals surface area (Å²) in [6.45, 7) is 3.99. The molecule has 3 rings (SSSR count). The second kappa shape index (κ2) is 8.90. The maximum absolute atomic E-state index is 10.7. The minimum atomic E-state index is -1.23. The molecule has 4 N–H and O–H groups in total. The molecule has 2 heterocycles. The average Bonchev–Trinajstić information content (AvgIpc) is 3.24. The summed E-state index contributed by atoms with van der Waals surface area (Å²) >= 11 is 10.2. The molecule has 0 aliphatic heterocycles. The Morgan fingerprint density at radius 2 is 1.17 bits per heavy atom. The van der Waals surface area contributed by atoms with Crippen LogP contribution in [0.1, 0.15) is 11.4 Å². The molecule has 0 saturated heterocycles. The summed E-state index contributed by atoms with van der Waals surface area (Å²) in [7, 11) is 0. The van der Waals surface area contributed by atoms with Crippen LogP contribution in [0, 0.1) is 13.8 Å². The van der Waals surface area contributed by atoms with E-state index < -0.39 is 33.1 Å². The highest BCUT2D eigenvalue weighted by molar-refractivity contribution is 6.55. The van der Waals surface area contributed by atoms with E-state index in [0.29, 0.717) is 0 Å². The molecule has 1 aliphatic rings. The van der Waals surface area contributed by atoms with Gasteiger partial charge in [-0.05, 0) is 11.5 Å². The summed E-state index contributed by atoms with van der Waals surface area (Å²) in [6, 6.07) is 0. The Labute approximate surface area is 146 Å². The van der Waals surface area contributed by atoms with Crippen LogP contribution in [0.25, 0.3) is 0 Å². The summed E-state index contributed by atoms with van der Waals surface area (Å²) in [4.78, 5) is 33.0. The molecule has 0 saturated carbocycles. The molecule has 0 bridgehead atoms. The van der Waals surface area contributed by atoms with Crippen molar-refractivity contribution < 1.29 is 29.8 Å². The van der Waals surface area contributed by atoms with Gasteiger partial charge in [-0.3, -0.25) is 19.6 Å². The van der Waals surface area contributed by atoms with Gasteiger partial charge >= 0.3 is 0 Å². The summed E-state index contributed by atoms with van der Waals surface area (Å²) in [5.74, 6) is -4.92. The lowest BCUT2D eigenvalue weighted by molar-refractivity contribution is -0.376. The Morgan fingerprint density at radius 1 is 0.833 bits per heavy atom. The zero-order valence-corrected chi connectivity index (χ0v) is 14.2. The van der Waals surface area contributed by atoms with Crippen molar-refractivity contribution in [3.63, 3.8) is 0 Å². The molecule has 24 heavy (non-hydrogen) atoms. The molecular weight excluding hydrogens is 359 g/mol. The Balaban J connectivity index is 0.000000200. The number of carbonyl (C=O) groups is 2. The first-order valence-electron chi connectivity index (χ1n) is 6.50. The van der Waals surface area contributed by atoms with Gasteiger partial charge in [0.05, 0.1) is 10.1 Å². The van der Waals surface area contributed by atoms with Gasteiger partial charge in [-0.15, -0.1) is 0 Å². The van der Waals surface area contributed by atoms with Crippen molar-refractivity contribution >= 4 is 34.8 Å². The third-order valence-corrected chi connectivity index (χ3v) is 3.26. The second-order valence-corrected chi connectivity index (χ2v) is 5.27. The highest BCUT2D eigenvalue weighted by atomic mass is 35.5. The largest absolute Gasteiger partial charge is 0.869 e. The number of halogens is 2. The number of aromatic nitrogens is 4. The Bertz CT molecular complexity index is 671. The third-order valence-electron chi connectivity index (χ3n) is 2.58.